The van der Waals surface area contributed by atoms with Crippen LogP contribution in [0.15, 0.2) is 12.1 Å². The molecule has 1 aromatic heterocycles. The maximum atomic E-state index is 6.47. The van der Waals surface area contributed by atoms with Gasteiger partial charge in [0.1, 0.15) is 5.01 Å². The van der Waals surface area contributed by atoms with Crippen LogP contribution in [0.25, 0.3) is 10.6 Å². The molecule has 0 atom stereocenters. The molecule has 0 bridgehead atoms. The normalized spacial score (nSPS) is 11.3. The SMILES string of the molecule is CCCCCCCCCCOc1cc(-c2nnc(N)s2)cc(OCCCCCCCCCC)c1OCCCCCCCCCC. The Bertz CT molecular complexity index is 924. The largest absolute Gasteiger partial charge is 0.490 e. The molecule has 1 heterocycles. The van der Waals surface area contributed by atoms with Gasteiger partial charge in [-0.15, -0.1) is 10.2 Å². The van der Waals surface area contributed by atoms with Crippen LogP contribution < -0.4 is 19.9 Å². The van der Waals surface area contributed by atoms with E-state index in [4.69, 9.17) is 19.9 Å². The molecule has 2 N–H and O–H groups in total. The molecule has 0 aliphatic heterocycles. The zero-order valence-electron chi connectivity index (χ0n) is 29.4. The molecule has 2 rings (SSSR count). The van der Waals surface area contributed by atoms with Crippen molar-refractivity contribution in [1.82, 2.24) is 10.2 Å². The van der Waals surface area contributed by atoms with Gasteiger partial charge in [-0.1, -0.05) is 167 Å². The number of nitrogens with two attached hydrogens (primary N) is 1. The molecular weight excluding hydrogens is 579 g/mol. The Morgan fingerprint density at radius 1 is 0.489 bits per heavy atom. The van der Waals surface area contributed by atoms with Crippen LogP contribution in [0.5, 0.6) is 17.2 Å². The third-order valence-corrected chi connectivity index (χ3v) is 9.27. The minimum atomic E-state index is 0.461. The highest BCUT2D eigenvalue weighted by atomic mass is 32.1. The maximum absolute atomic E-state index is 6.47. The average molecular weight is 646 g/mol. The van der Waals surface area contributed by atoms with E-state index in [9.17, 15) is 0 Å². The van der Waals surface area contributed by atoms with Gasteiger partial charge in [0.05, 0.1) is 19.8 Å². The van der Waals surface area contributed by atoms with Crippen molar-refractivity contribution in [2.75, 3.05) is 25.6 Å². The van der Waals surface area contributed by atoms with E-state index in [0.717, 1.165) is 47.1 Å². The van der Waals surface area contributed by atoms with Crippen LogP contribution >= 0.6 is 11.3 Å². The summed E-state index contributed by atoms with van der Waals surface area (Å²) in [6.07, 6.45) is 30.5. The number of aromatic nitrogens is 2. The molecule has 7 heteroatoms. The number of nitrogens with zero attached hydrogens (tertiary/aromatic N) is 2. The Morgan fingerprint density at radius 2 is 0.844 bits per heavy atom. The summed E-state index contributed by atoms with van der Waals surface area (Å²) in [4.78, 5) is 0. The lowest BCUT2D eigenvalue weighted by Gasteiger charge is -2.18. The molecule has 0 saturated carbocycles. The van der Waals surface area contributed by atoms with Crippen LogP contribution in [-0.4, -0.2) is 30.0 Å². The number of unbranched alkanes of at least 4 members (excludes halogenated alkanes) is 21. The van der Waals surface area contributed by atoms with Crippen LogP contribution in [0.4, 0.5) is 5.13 Å². The number of hydrogen-bond donors (Lipinski definition) is 1. The molecule has 258 valence electrons. The molecule has 0 aliphatic carbocycles. The number of nitrogen functional groups attached to an aromatic ring is 1. The number of benzene rings is 1. The van der Waals surface area contributed by atoms with Crippen molar-refractivity contribution in [2.24, 2.45) is 0 Å². The topological polar surface area (TPSA) is 79.5 Å². The molecule has 0 fully saturated rings. The van der Waals surface area contributed by atoms with Crippen molar-refractivity contribution in [2.45, 2.75) is 175 Å². The summed E-state index contributed by atoms with van der Waals surface area (Å²) in [6, 6.07) is 4.08. The molecule has 0 radical (unpaired) electrons. The zero-order valence-corrected chi connectivity index (χ0v) is 30.2. The summed E-state index contributed by atoms with van der Waals surface area (Å²) >= 11 is 1.39. The van der Waals surface area contributed by atoms with E-state index < -0.39 is 0 Å². The number of hydrogen-bond acceptors (Lipinski definition) is 7. The van der Waals surface area contributed by atoms with E-state index in [2.05, 4.69) is 31.0 Å². The summed E-state index contributed by atoms with van der Waals surface area (Å²) in [7, 11) is 0. The number of ether oxygens (including phenoxy) is 3. The first-order chi connectivity index (χ1) is 22.2. The molecule has 0 saturated heterocycles. The Hall–Kier alpha value is -2.02. The highest BCUT2D eigenvalue weighted by Crippen LogP contribution is 2.43. The number of rotatable bonds is 31. The van der Waals surface area contributed by atoms with Crippen molar-refractivity contribution in [3.63, 3.8) is 0 Å². The van der Waals surface area contributed by atoms with Crippen molar-refractivity contribution in [3.05, 3.63) is 12.1 Å². The predicted molar refractivity (Wildman–Crippen MR) is 194 cm³/mol. The van der Waals surface area contributed by atoms with Gasteiger partial charge in [-0.05, 0) is 31.4 Å². The van der Waals surface area contributed by atoms with Gasteiger partial charge in [0, 0.05) is 5.56 Å². The lowest BCUT2D eigenvalue weighted by molar-refractivity contribution is 0.234. The fraction of sp³-hybridized carbons (Fsp3) is 0.789. The van der Waals surface area contributed by atoms with E-state index in [1.54, 1.807) is 0 Å². The Balaban J connectivity index is 2.02. The third-order valence-electron chi connectivity index (χ3n) is 8.46. The van der Waals surface area contributed by atoms with E-state index in [1.807, 2.05) is 12.1 Å². The first-order valence-corrected chi connectivity index (χ1v) is 19.7. The van der Waals surface area contributed by atoms with Gasteiger partial charge >= 0.3 is 0 Å². The Kier molecular flexibility index (Phi) is 23.6. The zero-order chi connectivity index (χ0) is 32.2. The fourth-order valence-electron chi connectivity index (χ4n) is 5.65. The number of anilines is 1. The van der Waals surface area contributed by atoms with E-state index in [0.29, 0.717) is 25.0 Å². The van der Waals surface area contributed by atoms with Gasteiger partial charge in [0.2, 0.25) is 10.9 Å². The first kappa shape index (κ1) is 39.2. The minimum Gasteiger partial charge on any atom is -0.490 e. The van der Waals surface area contributed by atoms with Crippen molar-refractivity contribution >= 4 is 16.5 Å². The monoisotopic (exact) mass is 645 g/mol. The van der Waals surface area contributed by atoms with Crippen LogP contribution in [0.3, 0.4) is 0 Å². The molecular formula is C38H67N3O3S. The van der Waals surface area contributed by atoms with E-state index >= 15 is 0 Å². The average Bonchev–Trinajstić information content (AvgIpc) is 3.49. The van der Waals surface area contributed by atoms with Crippen molar-refractivity contribution in [3.8, 4) is 27.8 Å². The highest BCUT2D eigenvalue weighted by molar-refractivity contribution is 7.18. The van der Waals surface area contributed by atoms with Gasteiger partial charge in [0.15, 0.2) is 11.5 Å². The lowest BCUT2D eigenvalue weighted by Crippen LogP contribution is -2.06. The summed E-state index contributed by atoms with van der Waals surface area (Å²) in [6.45, 7) is 8.82. The fourth-order valence-corrected chi connectivity index (χ4v) is 6.25. The van der Waals surface area contributed by atoms with Gasteiger partial charge in [-0.2, -0.15) is 0 Å². The smallest absolute Gasteiger partial charge is 0.203 e. The molecule has 0 aliphatic rings. The standard InChI is InChI=1S/C38H67N3O3S/c1-4-7-10-13-16-19-22-25-28-42-34-31-33(37-40-41-38(39)45-37)32-35(43-29-26-23-20-17-14-11-8-5-2)36(34)44-30-27-24-21-18-15-12-9-6-3/h31-32H,4-30H2,1-3H3,(H2,39,41). The second-order valence-electron chi connectivity index (χ2n) is 12.7. The molecule has 0 unspecified atom stereocenters. The maximum Gasteiger partial charge on any atom is 0.203 e. The quantitative estimate of drug-likeness (QED) is 0.0822. The summed E-state index contributed by atoms with van der Waals surface area (Å²) in [5.41, 5.74) is 6.87. The van der Waals surface area contributed by atoms with Crippen LogP contribution in [0, 0.1) is 0 Å². The Labute approximate surface area is 280 Å². The lowest BCUT2D eigenvalue weighted by atomic mass is 10.1. The summed E-state index contributed by atoms with van der Waals surface area (Å²) in [5, 5.41) is 9.60. The van der Waals surface area contributed by atoms with Crippen LogP contribution in [0.1, 0.15) is 175 Å². The van der Waals surface area contributed by atoms with E-state index in [1.165, 1.54) is 146 Å². The summed E-state index contributed by atoms with van der Waals surface area (Å²) < 4.78 is 19.3. The molecule has 0 spiro atoms. The van der Waals surface area contributed by atoms with Crippen molar-refractivity contribution in [1.29, 1.82) is 0 Å². The third kappa shape index (κ3) is 18.7. The molecule has 0 amide bonds. The Morgan fingerprint density at radius 3 is 1.20 bits per heavy atom. The van der Waals surface area contributed by atoms with E-state index in [-0.39, 0.29) is 0 Å². The van der Waals surface area contributed by atoms with Gasteiger partial charge in [0.25, 0.3) is 0 Å². The second-order valence-corrected chi connectivity index (χ2v) is 13.7. The van der Waals surface area contributed by atoms with Gasteiger partial charge in [-0.3, -0.25) is 0 Å². The van der Waals surface area contributed by atoms with Crippen LogP contribution in [-0.2, 0) is 0 Å². The second kappa shape index (κ2) is 27.1. The highest BCUT2D eigenvalue weighted by Gasteiger charge is 2.18. The van der Waals surface area contributed by atoms with Gasteiger partial charge in [-0.25, -0.2) is 0 Å². The van der Waals surface area contributed by atoms with Crippen LogP contribution in [0.2, 0.25) is 0 Å². The first-order valence-electron chi connectivity index (χ1n) is 18.8. The van der Waals surface area contributed by atoms with Crippen molar-refractivity contribution < 1.29 is 14.2 Å². The summed E-state index contributed by atoms with van der Waals surface area (Å²) in [5.74, 6) is 2.22. The molecule has 1 aromatic carbocycles. The minimum absolute atomic E-state index is 0.461. The molecule has 6 nitrogen and oxygen atoms in total. The van der Waals surface area contributed by atoms with Gasteiger partial charge < -0.3 is 19.9 Å². The molecule has 2 aromatic rings. The molecule has 45 heavy (non-hydrogen) atoms. The predicted octanol–water partition coefficient (Wildman–Crippen LogP) is 12.3.